The first-order valence-corrected chi connectivity index (χ1v) is 9.52. The first-order chi connectivity index (χ1) is 12.8. The largest absolute Gasteiger partial charge is 0.353 e. The van der Waals surface area contributed by atoms with Gasteiger partial charge in [0.25, 0.3) is 5.91 Å². The molecule has 9 heteroatoms. The molecular formula is C18H24Cl2N4O3. The summed E-state index contributed by atoms with van der Waals surface area (Å²) >= 11 is 11.7. The van der Waals surface area contributed by atoms with E-state index in [-0.39, 0.29) is 35.6 Å². The maximum Gasteiger partial charge on any atom is 0.253 e. The third-order valence-electron chi connectivity index (χ3n) is 4.44. The van der Waals surface area contributed by atoms with Crippen molar-refractivity contribution < 1.29 is 14.4 Å². The number of hydrogen-bond acceptors (Lipinski definition) is 4. The van der Waals surface area contributed by atoms with Gasteiger partial charge < -0.3 is 16.0 Å². The zero-order valence-electron chi connectivity index (χ0n) is 15.4. The summed E-state index contributed by atoms with van der Waals surface area (Å²) in [5.74, 6) is -1.23. The van der Waals surface area contributed by atoms with Crippen LogP contribution in [0, 0.1) is 0 Å². The molecule has 1 aliphatic rings. The molecule has 1 fully saturated rings. The molecule has 0 saturated heterocycles. The van der Waals surface area contributed by atoms with Gasteiger partial charge in [0.2, 0.25) is 11.8 Å². The van der Waals surface area contributed by atoms with Gasteiger partial charge in [0.15, 0.2) is 0 Å². The first-order valence-electron chi connectivity index (χ1n) is 8.76. The second kappa shape index (κ2) is 9.92. The third-order valence-corrected chi connectivity index (χ3v) is 4.99. The van der Waals surface area contributed by atoms with Crippen molar-refractivity contribution in [3.8, 4) is 0 Å². The summed E-state index contributed by atoms with van der Waals surface area (Å²) in [4.78, 5) is 37.9. The molecule has 3 N–H and O–H groups in total. The fourth-order valence-corrected chi connectivity index (χ4v) is 2.97. The molecule has 0 bridgehead atoms. The Labute approximate surface area is 168 Å². The molecule has 3 amide bonds. The van der Waals surface area contributed by atoms with Crippen LogP contribution in [0.2, 0.25) is 10.0 Å². The van der Waals surface area contributed by atoms with E-state index in [9.17, 15) is 14.4 Å². The first kappa shape index (κ1) is 21.5. The second-order valence-electron chi connectivity index (χ2n) is 6.63. The van der Waals surface area contributed by atoms with Crippen LogP contribution in [0.15, 0.2) is 18.2 Å². The molecule has 0 heterocycles. The van der Waals surface area contributed by atoms with Crippen LogP contribution in [-0.4, -0.2) is 61.4 Å². The van der Waals surface area contributed by atoms with E-state index >= 15 is 0 Å². The maximum absolute atomic E-state index is 12.0. The van der Waals surface area contributed by atoms with E-state index in [1.54, 1.807) is 0 Å². The summed E-state index contributed by atoms with van der Waals surface area (Å²) in [5, 5.41) is 8.32. The van der Waals surface area contributed by atoms with Crippen LogP contribution in [-0.2, 0) is 9.59 Å². The minimum atomic E-state index is -0.492. The average Bonchev–Trinajstić information content (AvgIpc) is 3.46. The Morgan fingerprint density at radius 1 is 1.11 bits per heavy atom. The van der Waals surface area contributed by atoms with Gasteiger partial charge in [-0.05, 0) is 45.0 Å². The Morgan fingerprint density at radius 3 is 2.37 bits per heavy atom. The molecule has 148 valence electrons. The Kier molecular flexibility index (Phi) is 7.89. The van der Waals surface area contributed by atoms with E-state index in [0.29, 0.717) is 17.6 Å². The Morgan fingerprint density at radius 2 is 1.74 bits per heavy atom. The van der Waals surface area contributed by atoms with Gasteiger partial charge in [-0.2, -0.15) is 0 Å². The van der Waals surface area contributed by atoms with Crippen LogP contribution in [0.5, 0.6) is 0 Å². The number of benzene rings is 1. The lowest BCUT2D eigenvalue weighted by molar-refractivity contribution is -0.125. The van der Waals surface area contributed by atoms with Crippen molar-refractivity contribution >= 4 is 40.9 Å². The fraction of sp³-hybridized carbons (Fsp3) is 0.500. The van der Waals surface area contributed by atoms with Crippen molar-refractivity contribution in [3.63, 3.8) is 0 Å². The van der Waals surface area contributed by atoms with E-state index in [1.807, 2.05) is 7.05 Å². The van der Waals surface area contributed by atoms with Gasteiger partial charge in [-0.25, -0.2) is 0 Å². The summed E-state index contributed by atoms with van der Waals surface area (Å²) in [6.45, 7) is 2.17. The van der Waals surface area contributed by atoms with Crippen LogP contribution in [0.3, 0.4) is 0 Å². The van der Waals surface area contributed by atoms with Gasteiger partial charge in [0.1, 0.15) is 0 Å². The minimum absolute atomic E-state index is 0.143. The molecular weight excluding hydrogens is 391 g/mol. The molecule has 1 atom stereocenters. The Balaban J connectivity index is 1.65. The summed E-state index contributed by atoms with van der Waals surface area (Å²) in [7, 11) is 2.05. The number of carbonyl (C=O) groups excluding carboxylic acids is 3. The molecule has 1 aromatic carbocycles. The van der Waals surface area contributed by atoms with Crippen LogP contribution in [0.1, 0.15) is 30.1 Å². The summed E-state index contributed by atoms with van der Waals surface area (Å²) in [6.07, 6.45) is 2.41. The summed E-state index contributed by atoms with van der Waals surface area (Å²) in [5.41, 5.74) is 0.223. The van der Waals surface area contributed by atoms with Gasteiger partial charge >= 0.3 is 0 Å². The van der Waals surface area contributed by atoms with Crippen molar-refractivity contribution in [1.29, 1.82) is 0 Å². The number of halogens is 2. The van der Waals surface area contributed by atoms with E-state index in [4.69, 9.17) is 23.2 Å². The van der Waals surface area contributed by atoms with E-state index in [2.05, 4.69) is 27.8 Å². The van der Waals surface area contributed by atoms with Gasteiger partial charge in [-0.3, -0.25) is 19.3 Å². The highest BCUT2D eigenvalue weighted by Gasteiger charge is 2.29. The van der Waals surface area contributed by atoms with Gasteiger partial charge in [-0.1, -0.05) is 23.2 Å². The highest BCUT2D eigenvalue weighted by molar-refractivity contribution is 6.36. The fourth-order valence-electron chi connectivity index (χ4n) is 2.48. The van der Waals surface area contributed by atoms with Crippen LogP contribution in [0.25, 0.3) is 0 Å². The molecule has 0 radical (unpaired) electrons. The topological polar surface area (TPSA) is 90.5 Å². The van der Waals surface area contributed by atoms with Crippen LogP contribution in [0.4, 0.5) is 0 Å². The SMILES string of the molecule is CC(CNC(=O)CNC(=O)CNC(=O)c1ccc(Cl)cc1Cl)N(C)C1CC1. The van der Waals surface area contributed by atoms with Gasteiger partial charge in [0, 0.05) is 23.7 Å². The highest BCUT2D eigenvalue weighted by Crippen LogP contribution is 2.26. The molecule has 27 heavy (non-hydrogen) atoms. The molecule has 1 aliphatic carbocycles. The van der Waals surface area contributed by atoms with Crippen molar-refractivity contribution in [1.82, 2.24) is 20.9 Å². The number of hydrogen-bond donors (Lipinski definition) is 3. The van der Waals surface area contributed by atoms with E-state index in [1.165, 1.54) is 31.0 Å². The average molecular weight is 415 g/mol. The molecule has 1 aromatic rings. The number of likely N-dealkylation sites (N-methyl/N-ethyl adjacent to an activating group) is 1. The van der Waals surface area contributed by atoms with Crippen molar-refractivity contribution in [2.45, 2.75) is 31.8 Å². The normalized spacial score (nSPS) is 14.6. The Bertz CT molecular complexity index is 710. The maximum atomic E-state index is 12.0. The zero-order valence-corrected chi connectivity index (χ0v) is 16.9. The van der Waals surface area contributed by atoms with Crippen LogP contribution >= 0.6 is 23.2 Å². The smallest absolute Gasteiger partial charge is 0.253 e. The number of carbonyl (C=O) groups is 3. The number of nitrogens with zero attached hydrogens (tertiary/aromatic N) is 1. The third kappa shape index (κ3) is 7.01. The zero-order chi connectivity index (χ0) is 20.0. The predicted molar refractivity (Wildman–Crippen MR) is 105 cm³/mol. The molecule has 7 nitrogen and oxygen atoms in total. The summed E-state index contributed by atoms with van der Waals surface area (Å²) < 4.78 is 0. The molecule has 1 unspecified atom stereocenters. The van der Waals surface area contributed by atoms with Crippen molar-refractivity contribution in [2.75, 3.05) is 26.7 Å². The molecule has 1 saturated carbocycles. The lowest BCUT2D eigenvalue weighted by atomic mass is 10.2. The minimum Gasteiger partial charge on any atom is -0.353 e. The molecule has 0 aliphatic heterocycles. The molecule has 0 spiro atoms. The molecule has 0 aromatic heterocycles. The lowest BCUT2D eigenvalue weighted by Gasteiger charge is -2.24. The lowest BCUT2D eigenvalue weighted by Crippen LogP contribution is -2.45. The number of nitrogens with one attached hydrogen (secondary N) is 3. The van der Waals surface area contributed by atoms with Crippen LogP contribution < -0.4 is 16.0 Å². The van der Waals surface area contributed by atoms with Crippen molar-refractivity contribution in [2.24, 2.45) is 0 Å². The Hall–Kier alpha value is -1.83. The van der Waals surface area contributed by atoms with E-state index in [0.717, 1.165) is 0 Å². The number of rotatable bonds is 9. The molecule has 2 rings (SSSR count). The monoisotopic (exact) mass is 414 g/mol. The van der Waals surface area contributed by atoms with E-state index < -0.39 is 11.8 Å². The highest BCUT2D eigenvalue weighted by atomic mass is 35.5. The van der Waals surface area contributed by atoms with Crippen molar-refractivity contribution in [3.05, 3.63) is 33.8 Å². The van der Waals surface area contributed by atoms with Gasteiger partial charge in [0.05, 0.1) is 23.7 Å². The summed E-state index contributed by atoms with van der Waals surface area (Å²) in [6, 6.07) is 5.32. The predicted octanol–water partition coefficient (Wildman–Crippen LogP) is 1.44. The number of amides is 3. The quantitative estimate of drug-likeness (QED) is 0.570. The second-order valence-corrected chi connectivity index (χ2v) is 7.48. The van der Waals surface area contributed by atoms with Gasteiger partial charge in [-0.15, -0.1) is 0 Å². The standard InChI is InChI=1S/C18H24Cl2N4O3/c1-11(24(2)13-4-5-13)8-21-16(25)9-22-17(26)10-23-18(27)14-6-3-12(19)7-15(14)20/h3,6-7,11,13H,4-5,8-10H2,1-2H3,(H,21,25)(H,22,26)(H,23,27).